The summed E-state index contributed by atoms with van der Waals surface area (Å²) in [6.45, 7) is 14.3. The number of aromatic nitrogens is 2. The van der Waals surface area contributed by atoms with Crippen LogP contribution in [0.5, 0.6) is 0 Å². The molecule has 1 amide bonds. The molecule has 3 aromatic rings. The van der Waals surface area contributed by atoms with Crippen LogP contribution in [0, 0.1) is 5.92 Å². The van der Waals surface area contributed by atoms with Gasteiger partial charge in [0.15, 0.2) is 0 Å². The smallest absolute Gasteiger partial charge is 0.408 e. The Morgan fingerprint density at radius 1 is 1.08 bits per heavy atom. The molecule has 0 spiro atoms. The van der Waals surface area contributed by atoms with Crippen LogP contribution in [0.3, 0.4) is 0 Å². The molecule has 1 unspecified atom stereocenters. The Bertz CT molecular complexity index is 1260. The fourth-order valence-electron chi connectivity index (χ4n) is 3.98. The van der Waals surface area contributed by atoms with E-state index in [1.54, 1.807) is 22.8 Å². The maximum absolute atomic E-state index is 13.7. The van der Waals surface area contributed by atoms with Gasteiger partial charge in [0, 0.05) is 11.6 Å². The standard InChI is InChI=1S/C28H37ClN4O3/c1-18(2)23(30-17-28(6,7)32-26(35)36-27(3,4)5)24-31-22-15-20(29)13-14-21(22)25(34)33(24)16-19-11-9-8-10-12-19/h8-15,18,23,30H,16-17H2,1-7H3,(H,32,35). The van der Waals surface area contributed by atoms with Gasteiger partial charge in [-0.2, -0.15) is 0 Å². The maximum Gasteiger partial charge on any atom is 0.408 e. The highest BCUT2D eigenvalue weighted by atomic mass is 35.5. The Kier molecular flexibility index (Phi) is 8.47. The van der Waals surface area contributed by atoms with E-state index in [2.05, 4.69) is 24.5 Å². The number of nitrogens with zero attached hydrogens (tertiary/aromatic N) is 2. The third kappa shape index (κ3) is 7.31. The first kappa shape index (κ1) is 27.7. The van der Waals surface area contributed by atoms with Crippen LogP contribution in [0.2, 0.25) is 5.02 Å². The van der Waals surface area contributed by atoms with Crippen molar-refractivity contribution in [1.82, 2.24) is 20.2 Å². The second kappa shape index (κ2) is 11.0. The lowest BCUT2D eigenvalue weighted by atomic mass is 9.99. The van der Waals surface area contributed by atoms with Crippen molar-refractivity contribution in [2.24, 2.45) is 5.92 Å². The molecule has 0 aliphatic rings. The van der Waals surface area contributed by atoms with E-state index < -0.39 is 17.2 Å². The van der Waals surface area contributed by atoms with E-state index in [-0.39, 0.29) is 17.5 Å². The van der Waals surface area contributed by atoms with Gasteiger partial charge in [0.2, 0.25) is 0 Å². The minimum absolute atomic E-state index is 0.105. The normalized spacial score (nSPS) is 13.1. The number of hydrogen-bond donors (Lipinski definition) is 2. The van der Waals surface area contributed by atoms with Gasteiger partial charge in [0.1, 0.15) is 11.4 Å². The molecule has 0 saturated carbocycles. The molecule has 36 heavy (non-hydrogen) atoms. The van der Waals surface area contributed by atoms with Crippen molar-refractivity contribution in [2.75, 3.05) is 6.54 Å². The van der Waals surface area contributed by atoms with E-state index in [1.165, 1.54) is 0 Å². The molecule has 0 radical (unpaired) electrons. The molecule has 0 bridgehead atoms. The first-order valence-corrected chi connectivity index (χ1v) is 12.6. The number of fused-ring (bicyclic) bond motifs is 1. The summed E-state index contributed by atoms with van der Waals surface area (Å²) in [5, 5.41) is 7.53. The van der Waals surface area contributed by atoms with Gasteiger partial charge >= 0.3 is 6.09 Å². The van der Waals surface area contributed by atoms with Crippen molar-refractivity contribution in [2.45, 2.75) is 72.2 Å². The van der Waals surface area contributed by atoms with E-state index in [1.807, 2.05) is 65.0 Å². The van der Waals surface area contributed by atoms with E-state index in [0.717, 1.165) is 5.56 Å². The molecule has 2 N–H and O–H groups in total. The van der Waals surface area contributed by atoms with Gasteiger partial charge in [-0.1, -0.05) is 55.8 Å². The fraction of sp³-hybridized carbons (Fsp3) is 0.464. The molecule has 194 valence electrons. The summed E-state index contributed by atoms with van der Waals surface area (Å²) in [6.07, 6.45) is -0.477. The van der Waals surface area contributed by atoms with Crippen LogP contribution in [0.1, 0.15) is 65.9 Å². The summed E-state index contributed by atoms with van der Waals surface area (Å²) in [6, 6.07) is 14.7. The van der Waals surface area contributed by atoms with Crippen molar-refractivity contribution >= 4 is 28.6 Å². The fourth-order valence-corrected chi connectivity index (χ4v) is 4.15. The van der Waals surface area contributed by atoms with E-state index in [9.17, 15) is 9.59 Å². The van der Waals surface area contributed by atoms with E-state index in [0.29, 0.717) is 34.8 Å². The molecule has 7 nitrogen and oxygen atoms in total. The molecule has 0 aliphatic heterocycles. The zero-order valence-electron chi connectivity index (χ0n) is 22.2. The van der Waals surface area contributed by atoms with Crippen LogP contribution in [-0.2, 0) is 11.3 Å². The number of nitrogens with one attached hydrogen (secondary N) is 2. The third-order valence-corrected chi connectivity index (χ3v) is 5.91. The molecule has 8 heteroatoms. The quantitative estimate of drug-likeness (QED) is 0.405. The predicted octanol–water partition coefficient (Wildman–Crippen LogP) is 5.69. The van der Waals surface area contributed by atoms with Crippen LogP contribution in [0.15, 0.2) is 53.3 Å². The summed E-state index contributed by atoms with van der Waals surface area (Å²) in [5.74, 6) is 0.731. The van der Waals surface area contributed by atoms with Gasteiger partial charge in [-0.15, -0.1) is 0 Å². The second-order valence-corrected chi connectivity index (χ2v) is 11.6. The summed E-state index contributed by atoms with van der Waals surface area (Å²) in [5.41, 5.74) is 0.253. The highest BCUT2D eigenvalue weighted by molar-refractivity contribution is 6.31. The van der Waals surface area contributed by atoms with Gasteiger partial charge in [0.25, 0.3) is 5.56 Å². The largest absolute Gasteiger partial charge is 0.444 e. The first-order valence-electron chi connectivity index (χ1n) is 12.2. The molecule has 0 fully saturated rings. The summed E-state index contributed by atoms with van der Waals surface area (Å²) in [4.78, 5) is 31.0. The van der Waals surface area contributed by atoms with Gasteiger partial charge in [-0.3, -0.25) is 9.36 Å². The molecule has 0 saturated heterocycles. The monoisotopic (exact) mass is 512 g/mol. The average molecular weight is 513 g/mol. The van der Waals surface area contributed by atoms with Gasteiger partial charge in [0.05, 0.1) is 29.0 Å². The van der Waals surface area contributed by atoms with Crippen molar-refractivity contribution in [3.8, 4) is 0 Å². The Morgan fingerprint density at radius 2 is 1.75 bits per heavy atom. The molecule has 1 atom stereocenters. The lowest BCUT2D eigenvalue weighted by Crippen LogP contribution is -2.52. The topological polar surface area (TPSA) is 85.2 Å². The SMILES string of the molecule is CC(C)C(NCC(C)(C)NC(=O)OC(C)(C)C)c1nc2cc(Cl)ccc2c(=O)n1Cc1ccccc1. The van der Waals surface area contributed by atoms with Crippen LogP contribution < -0.4 is 16.2 Å². The Labute approximate surface area is 218 Å². The van der Waals surface area contributed by atoms with Gasteiger partial charge < -0.3 is 15.4 Å². The number of halogens is 1. The van der Waals surface area contributed by atoms with Crippen LogP contribution in [-0.4, -0.2) is 33.3 Å². The van der Waals surface area contributed by atoms with Crippen molar-refractivity contribution in [3.05, 3.63) is 75.3 Å². The number of benzene rings is 2. The third-order valence-electron chi connectivity index (χ3n) is 5.68. The zero-order chi connectivity index (χ0) is 26.7. The number of amides is 1. The molecule has 1 heterocycles. The average Bonchev–Trinajstić information content (AvgIpc) is 2.74. The zero-order valence-corrected chi connectivity index (χ0v) is 22.9. The molecule has 2 aromatic carbocycles. The molecule has 1 aromatic heterocycles. The van der Waals surface area contributed by atoms with E-state index >= 15 is 0 Å². The number of alkyl carbamates (subject to hydrolysis) is 1. The first-order chi connectivity index (χ1) is 16.8. The number of carbonyl (C=O) groups excluding carboxylic acids is 1. The number of rotatable bonds is 8. The number of hydrogen-bond acceptors (Lipinski definition) is 5. The predicted molar refractivity (Wildman–Crippen MR) is 146 cm³/mol. The Hall–Kier alpha value is -2.90. The lowest BCUT2D eigenvalue weighted by molar-refractivity contribution is 0.0469. The summed E-state index contributed by atoms with van der Waals surface area (Å²) in [7, 11) is 0. The van der Waals surface area contributed by atoms with Gasteiger partial charge in [-0.05, 0) is 64.3 Å². The number of carbonyl (C=O) groups is 1. The molecule has 0 aliphatic carbocycles. The van der Waals surface area contributed by atoms with Crippen LogP contribution in [0.4, 0.5) is 4.79 Å². The lowest BCUT2D eigenvalue weighted by Gasteiger charge is -2.32. The van der Waals surface area contributed by atoms with Crippen molar-refractivity contribution < 1.29 is 9.53 Å². The highest BCUT2D eigenvalue weighted by Crippen LogP contribution is 2.24. The Balaban J connectivity index is 1.98. The van der Waals surface area contributed by atoms with Crippen molar-refractivity contribution in [3.63, 3.8) is 0 Å². The minimum atomic E-state index is -0.611. The summed E-state index contributed by atoms with van der Waals surface area (Å²) < 4.78 is 7.16. The van der Waals surface area contributed by atoms with Crippen LogP contribution in [0.25, 0.3) is 10.9 Å². The van der Waals surface area contributed by atoms with Crippen LogP contribution >= 0.6 is 11.6 Å². The van der Waals surface area contributed by atoms with Gasteiger partial charge in [-0.25, -0.2) is 9.78 Å². The highest BCUT2D eigenvalue weighted by Gasteiger charge is 2.29. The number of ether oxygens (including phenoxy) is 1. The molecular formula is C28H37ClN4O3. The van der Waals surface area contributed by atoms with E-state index in [4.69, 9.17) is 21.3 Å². The maximum atomic E-state index is 13.7. The molecular weight excluding hydrogens is 476 g/mol. The summed E-state index contributed by atoms with van der Waals surface area (Å²) >= 11 is 6.23. The second-order valence-electron chi connectivity index (χ2n) is 11.1. The Morgan fingerprint density at radius 3 is 2.36 bits per heavy atom. The molecule has 3 rings (SSSR count). The minimum Gasteiger partial charge on any atom is -0.444 e. The van der Waals surface area contributed by atoms with Crippen molar-refractivity contribution in [1.29, 1.82) is 0 Å².